The number of benzene rings is 1. The van der Waals surface area contributed by atoms with Crippen molar-refractivity contribution in [3.05, 3.63) is 46.5 Å². The van der Waals surface area contributed by atoms with Crippen LogP contribution in [-0.2, 0) is 0 Å². The Morgan fingerprint density at radius 3 is 2.48 bits per heavy atom. The highest BCUT2D eigenvalue weighted by Gasteiger charge is 2.29. The van der Waals surface area contributed by atoms with Gasteiger partial charge in [-0.1, -0.05) is 12.8 Å². The summed E-state index contributed by atoms with van der Waals surface area (Å²) in [5.41, 5.74) is 0.264. The molecule has 1 saturated carbocycles. The van der Waals surface area contributed by atoms with Crippen LogP contribution in [0.2, 0.25) is 0 Å². The van der Waals surface area contributed by atoms with Crippen LogP contribution in [0.25, 0.3) is 0 Å². The van der Waals surface area contributed by atoms with Gasteiger partial charge in [-0.3, -0.25) is 19.8 Å². The lowest BCUT2D eigenvalue weighted by molar-refractivity contribution is 0.0568. The number of carbonyl (C=O) groups excluding carboxylic acids is 2. The summed E-state index contributed by atoms with van der Waals surface area (Å²) in [5, 5.41) is 4.37. The number of anilines is 1. The summed E-state index contributed by atoms with van der Waals surface area (Å²) in [6.45, 7) is 3.09. The van der Waals surface area contributed by atoms with E-state index in [0.717, 1.165) is 36.6 Å². The predicted octanol–water partition coefficient (Wildman–Crippen LogP) is 3.37. The van der Waals surface area contributed by atoms with Gasteiger partial charge in [-0.2, -0.15) is 0 Å². The zero-order chi connectivity index (χ0) is 20.4. The summed E-state index contributed by atoms with van der Waals surface area (Å²) in [5.74, 6) is -2.87. The standard InChI is InChI=1S/C20H22F2N4O2S/c21-15-6-5-13(11-16(15)22)18(27)24-20-23-17(12-29-20)19(28)26-9-7-25(8-10-26)14-3-1-2-4-14/h5-6,11-12,14H,1-4,7-10H2,(H,23,24,27). The molecule has 29 heavy (non-hydrogen) atoms. The first-order chi connectivity index (χ1) is 14.0. The highest BCUT2D eigenvalue weighted by atomic mass is 32.1. The Hall–Kier alpha value is -2.39. The number of aromatic nitrogens is 1. The number of nitrogens with zero attached hydrogens (tertiary/aromatic N) is 3. The monoisotopic (exact) mass is 420 g/mol. The van der Waals surface area contributed by atoms with Crippen molar-refractivity contribution in [2.45, 2.75) is 31.7 Å². The van der Waals surface area contributed by atoms with E-state index in [-0.39, 0.29) is 22.3 Å². The maximum atomic E-state index is 13.3. The fourth-order valence-electron chi connectivity index (χ4n) is 3.96. The van der Waals surface area contributed by atoms with E-state index in [9.17, 15) is 18.4 Å². The second kappa shape index (κ2) is 8.54. The Kier molecular flexibility index (Phi) is 5.86. The van der Waals surface area contributed by atoms with Crippen LogP contribution in [0.1, 0.15) is 46.5 Å². The maximum Gasteiger partial charge on any atom is 0.273 e. The van der Waals surface area contributed by atoms with Crippen LogP contribution in [0.5, 0.6) is 0 Å². The lowest BCUT2D eigenvalue weighted by Crippen LogP contribution is -2.51. The molecule has 0 radical (unpaired) electrons. The zero-order valence-electron chi connectivity index (χ0n) is 15.9. The van der Waals surface area contributed by atoms with Gasteiger partial charge in [-0.25, -0.2) is 13.8 Å². The number of amides is 2. The van der Waals surface area contributed by atoms with Crippen LogP contribution in [0.15, 0.2) is 23.6 Å². The van der Waals surface area contributed by atoms with E-state index in [1.807, 2.05) is 0 Å². The summed E-state index contributed by atoms with van der Waals surface area (Å²) < 4.78 is 26.3. The normalized spacial score (nSPS) is 18.2. The first-order valence-electron chi connectivity index (χ1n) is 9.76. The molecule has 1 aromatic heterocycles. The topological polar surface area (TPSA) is 65.5 Å². The zero-order valence-corrected chi connectivity index (χ0v) is 16.7. The molecule has 2 aliphatic rings. The molecular formula is C20H22F2N4O2S. The molecule has 1 aliphatic heterocycles. The highest BCUT2D eigenvalue weighted by molar-refractivity contribution is 7.14. The number of halogens is 2. The lowest BCUT2D eigenvalue weighted by atomic mass is 10.2. The van der Waals surface area contributed by atoms with Gasteiger partial charge in [0.05, 0.1) is 0 Å². The third kappa shape index (κ3) is 4.45. The van der Waals surface area contributed by atoms with Gasteiger partial charge in [0, 0.05) is 43.2 Å². The molecule has 4 rings (SSSR count). The van der Waals surface area contributed by atoms with Crippen molar-refractivity contribution in [1.82, 2.24) is 14.8 Å². The van der Waals surface area contributed by atoms with Crippen molar-refractivity contribution in [3.8, 4) is 0 Å². The molecule has 1 aliphatic carbocycles. The van der Waals surface area contributed by atoms with Crippen LogP contribution in [0.3, 0.4) is 0 Å². The Morgan fingerprint density at radius 1 is 1.07 bits per heavy atom. The first kappa shape index (κ1) is 19.9. The summed E-state index contributed by atoms with van der Waals surface area (Å²) in [6.07, 6.45) is 5.09. The van der Waals surface area contributed by atoms with Crippen LogP contribution in [0, 0.1) is 11.6 Å². The molecule has 0 spiro atoms. The Bertz CT molecular complexity index is 906. The van der Waals surface area contributed by atoms with Crippen LogP contribution < -0.4 is 5.32 Å². The number of hydrogen-bond acceptors (Lipinski definition) is 5. The van der Waals surface area contributed by atoms with E-state index in [4.69, 9.17) is 0 Å². The molecule has 0 atom stereocenters. The van der Waals surface area contributed by atoms with Gasteiger partial charge in [0.2, 0.25) is 0 Å². The highest BCUT2D eigenvalue weighted by Crippen LogP contribution is 2.25. The SMILES string of the molecule is O=C(Nc1nc(C(=O)N2CCN(C3CCCC3)CC2)cs1)c1ccc(F)c(F)c1. The van der Waals surface area contributed by atoms with Gasteiger partial charge in [0.25, 0.3) is 11.8 Å². The molecule has 6 nitrogen and oxygen atoms in total. The summed E-state index contributed by atoms with van der Waals surface area (Å²) in [7, 11) is 0. The molecule has 0 unspecified atom stereocenters. The molecule has 9 heteroatoms. The van der Waals surface area contributed by atoms with Gasteiger partial charge in [0.1, 0.15) is 5.69 Å². The van der Waals surface area contributed by atoms with Crippen LogP contribution in [-0.4, -0.2) is 58.8 Å². The van der Waals surface area contributed by atoms with E-state index in [1.165, 1.54) is 31.7 Å². The number of rotatable bonds is 4. The molecule has 1 saturated heterocycles. The van der Waals surface area contributed by atoms with E-state index < -0.39 is 17.5 Å². The molecular weight excluding hydrogens is 398 g/mol. The Labute approximate surface area is 171 Å². The molecule has 1 aromatic carbocycles. The lowest BCUT2D eigenvalue weighted by Gasteiger charge is -2.37. The van der Waals surface area contributed by atoms with Crippen molar-refractivity contribution in [2.75, 3.05) is 31.5 Å². The Balaban J connectivity index is 1.34. The average Bonchev–Trinajstić information content (AvgIpc) is 3.42. The molecule has 154 valence electrons. The minimum Gasteiger partial charge on any atom is -0.335 e. The molecule has 2 aromatic rings. The smallest absolute Gasteiger partial charge is 0.273 e. The predicted molar refractivity (Wildman–Crippen MR) is 106 cm³/mol. The second-order valence-corrected chi connectivity index (χ2v) is 8.25. The van der Waals surface area contributed by atoms with Crippen LogP contribution >= 0.6 is 11.3 Å². The number of thiazole rings is 1. The van der Waals surface area contributed by atoms with Gasteiger partial charge in [-0.15, -0.1) is 11.3 Å². The van der Waals surface area contributed by atoms with E-state index in [0.29, 0.717) is 19.1 Å². The van der Waals surface area contributed by atoms with Gasteiger partial charge in [-0.05, 0) is 31.0 Å². The molecule has 0 bridgehead atoms. The molecule has 2 fully saturated rings. The minimum absolute atomic E-state index is 0.0185. The van der Waals surface area contributed by atoms with E-state index in [2.05, 4.69) is 15.2 Å². The van der Waals surface area contributed by atoms with Crippen molar-refractivity contribution >= 4 is 28.3 Å². The van der Waals surface area contributed by atoms with Crippen molar-refractivity contribution in [2.24, 2.45) is 0 Å². The molecule has 2 heterocycles. The fraction of sp³-hybridized carbons (Fsp3) is 0.450. The number of nitrogens with one attached hydrogen (secondary N) is 1. The fourth-order valence-corrected chi connectivity index (χ4v) is 4.64. The van der Waals surface area contributed by atoms with Crippen molar-refractivity contribution in [3.63, 3.8) is 0 Å². The maximum absolute atomic E-state index is 13.3. The van der Waals surface area contributed by atoms with E-state index >= 15 is 0 Å². The third-order valence-electron chi connectivity index (χ3n) is 5.57. The second-order valence-electron chi connectivity index (χ2n) is 7.39. The van der Waals surface area contributed by atoms with Crippen LogP contribution in [0.4, 0.5) is 13.9 Å². The Morgan fingerprint density at radius 2 is 1.79 bits per heavy atom. The van der Waals surface area contributed by atoms with Crippen molar-refractivity contribution < 1.29 is 18.4 Å². The summed E-state index contributed by atoms with van der Waals surface area (Å²) in [6, 6.07) is 3.57. The van der Waals surface area contributed by atoms with Crippen molar-refractivity contribution in [1.29, 1.82) is 0 Å². The van der Waals surface area contributed by atoms with Gasteiger partial charge in [0.15, 0.2) is 16.8 Å². The molecule has 2 amide bonds. The summed E-state index contributed by atoms with van der Waals surface area (Å²) in [4.78, 5) is 33.4. The number of carbonyl (C=O) groups is 2. The largest absolute Gasteiger partial charge is 0.335 e. The number of hydrogen-bond donors (Lipinski definition) is 1. The molecule has 1 N–H and O–H groups in total. The quantitative estimate of drug-likeness (QED) is 0.824. The third-order valence-corrected chi connectivity index (χ3v) is 6.33. The number of piperazine rings is 1. The van der Waals surface area contributed by atoms with Gasteiger partial charge < -0.3 is 4.90 Å². The van der Waals surface area contributed by atoms with E-state index in [1.54, 1.807) is 10.3 Å². The summed E-state index contributed by atoms with van der Waals surface area (Å²) >= 11 is 1.12. The van der Waals surface area contributed by atoms with Gasteiger partial charge >= 0.3 is 0 Å². The average molecular weight is 420 g/mol. The first-order valence-corrected chi connectivity index (χ1v) is 10.6. The minimum atomic E-state index is -1.09.